The van der Waals surface area contributed by atoms with E-state index in [1.807, 2.05) is 31.4 Å². The number of aryl methyl sites for hydroxylation is 1. The fraction of sp³-hybridized carbons (Fsp3) is 0.154. The minimum atomic E-state index is -0.183. The molecule has 4 nitrogen and oxygen atoms in total. The lowest BCUT2D eigenvalue weighted by Crippen LogP contribution is -2.17. The van der Waals surface area contributed by atoms with E-state index in [4.69, 9.17) is 0 Å². The summed E-state index contributed by atoms with van der Waals surface area (Å²) in [4.78, 5) is 16.9. The second kappa shape index (κ2) is 5.55. The highest BCUT2D eigenvalue weighted by molar-refractivity contribution is 7.10. The van der Waals surface area contributed by atoms with E-state index in [1.165, 1.54) is 0 Å². The van der Waals surface area contributed by atoms with E-state index in [2.05, 4.69) is 15.5 Å². The number of nitrogens with zero attached hydrogens (tertiary/aromatic N) is 2. The largest absolute Gasteiger partial charge is 0.272 e. The Morgan fingerprint density at radius 3 is 2.94 bits per heavy atom. The molecule has 0 unspecified atom stereocenters. The van der Waals surface area contributed by atoms with Crippen molar-refractivity contribution in [2.75, 3.05) is 0 Å². The topological polar surface area (TPSA) is 54.4 Å². The Bertz CT molecular complexity index is 575. The maximum atomic E-state index is 11.8. The van der Waals surface area contributed by atoms with Crippen molar-refractivity contribution in [3.05, 3.63) is 51.5 Å². The lowest BCUT2D eigenvalue weighted by molar-refractivity contribution is 0.0955. The van der Waals surface area contributed by atoms with Crippen molar-refractivity contribution in [3.63, 3.8) is 0 Å². The third-order valence-electron chi connectivity index (χ3n) is 2.59. The Labute approximate surface area is 109 Å². The Hall–Kier alpha value is -2.01. The first-order valence-electron chi connectivity index (χ1n) is 5.46. The first-order chi connectivity index (χ1) is 8.68. The van der Waals surface area contributed by atoms with Crippen molar-refractivity contribution >= 4 is 23.5 Å². The Kier molecular flexibility index (Phi) is 3.84. The van der Waals surface area contributed by atoms with Gasteiger partial charge in [0.25, 0.3) is 5.91 Å². The van der Waals surface area contributed by atoms with Crippen molar-refractivity contribution in [2.24, 2.45) is 5.10 Å². The second-order valence-electron chi connectivity index (χ2n) is 3.82. The van der Waals surface area contributed by atoms with Crippen molar-refractivity contribution < 1.29 is 4.79 Å². The van der Waals surface area contributed by atoms with Gasteiger partial charge in [-0.05, 0) is 25.5 Å². The molecule has 2 rings (SSSR count). The smallest absolute Gasteiger partial charge is 0.267 e. The van der Waals surface area contributed by atoms with Crippen LogP contribution in [0.15, 0.2) is 35.0 Å². The number of carbonyl (C=O) groups is 1. The minimum Gasteiger partial charge on any atom is -0.267 e. The molecule has 0 fully saturated rings. The summed E-state index contributed by atoms with van der Waals surface area (Å²) in [5.74, 6) is -0.183. The number of hydrogen-bond acceptors (Lipinski definition) is 4. The number of pyridine rings is 1. The van der Waals surface area contributed by atoms with Gasteiger partial charge in [0.2, 0.25) is 0 Å². The summed E-state index contributed by atoms with van der Waals surface area (Å²) >= 11 is 1.57. The number of amides is 1. The maximum Gasteiger partial charge on any atom is 0.272 e. The summed E-state index contributed by atoms with van der Waals surface area (Å²) in [5, 5.41) is 5.76. The van der Waals surface area contributed by atoms with E-state index in [0.29, 0.717) is 5.56 Å². The Morgan fingerprint density at radius 2 is 2.33 bits per heavy atom. The third-order valence-corrected chi connectivity index (χ3v) is 3.61. The molecule has 0 bridgehead atoms. The maximum absolute atomic E-state index is 11.8. The normalized spacial score (nSPS) is 10.8. The molecule has 0 radical (unpaired) electrons. The van der Waals surface area contributed by atoms with Gasteiger partial charge in [0.05, 0.1) is 11.8 Å². The molecule has 2 aromatic rings. The van der Waals surface area contributed by atoms with Crippen LogP contribution in [-0.4, -0.2) is 17.1 Å². The predicted octanol–water partition coefficient (Wildman–Crippen LogP) is 2.52. The molecular weight excluding hydrogens is 246 g/mol. The molecule has 1 amide bonds. The van der Waals surface area contributed by atoms with Crippen molar-refractivity contribution in [1.29, 1.82) is 0 Å². The van der Waals surface area contributed by atoms with Gasteiger partial charge in [0, 0.05) is 28.2 Å². The van der Waals surface area contributed by atoms with Gasteiger partial charge in [0.15, 0.2) is 0 Å². The second-order valence-corrected chi connectivity index (χ2v) is 4.90. The Morgan fingerprint density at radius 1 is 1.50 bits per heavy atom. The molecule has 92 valence electrons. The van der Waals surface area contributed by atoms with Crippen LogP contribution in [0, 0.1) is 13.8 Å². The number of thiophene rings is 1. The van der Waals surface area contributed by atoms with Crippen LogP contribution < -0.4 is 5.43 Å². The number of carbonyl (C=O) groups excluding carboxylic acids is 1. The van der Waals surface area contributed by atoms with E-state index in [0.717, 1.165) is 16.0 Å². The van der Waals surface area contributed by atoms with Gasteiger partial charge in [-0.15, -0.1) is 11.3 Å². The summed E-state index contributed by atoms with van der Waals surface area (Å²) in [7, 11) is 0. The average Bonchev–Trinajstić information content (AvgIpc) is 2.71. The number of hydrogen-bond donors (Lipinski definition) is 1. The van der Waals surface area contributed by atoms with E-state index in [9.17, 15) is 4.79 Å². The zero-order chi connectivity index (χ0) is 13.0. The number of rotatable bonds is 3. The predicted molar refractivity (Wildman–Crippen MR) is 73.1 cm³/mol. The van der Waals surface area contributed by atoms with Crippen LogP contribution in [0.2, 0.25) is 0 Å². The minimum absolute atomic E-state index is 0.183. The molecule has 0 saturated carbocycles. The van der Waals surface area contributed by atoms with E-state index >= 15 is 0 Å². The van der Waals surface area contributed by atoms with Gasteiger partial charge in [0.1, 0.15) is 0 Å². The number of nitrogens with one attached hydrogen (secondary N) is 1. The summed E-state index contributed by atoms with van der Waals surface area (Å²) in [6.45, 7) is 3.93. The van der Waals surface area contributed by atoms with E-state index < -0.39 is 0 Å². The van der Waals surface area contributed by atoms with Crippen LogP contribution in [-0.2, 0) is 0 Å². The summed E-state index contributed by atoms with van der Waals surface area (Å²) < 4.78 is 0. The quantitative estimate of drug-likeness (QED) is 0.680. The van der Waals surface area contributed by atoms with Gasteiger partial charge in [-0.3, -0.25) is 9.78 Å². The van der Waals surface area contributed by atoms with E-state index in [1.54, 1.807) is 29.9 Å². The van der Waals surface area contributed by atoms with Crippen LogP contribution in [0.1, 0.15) is 26.4 Å². The molecule has 1 N–H and O–H groups in total. The van der Waals surface area contributed by atoms with Gasteiger partial charge in [-0.25, -0.2) is 5.43 Å². The van der Waals surface area contributed by atoms with Gasteiger partial charge < -0.3 is 0 Å². The first kappa shape index (κ1) is 12.4. The van der Waals surface area contributed by atoms with Crippen molar-refractivity contribution in [3.8, 4) is 0 Å². The van der Waals surface area contributed by atoms with Crippen LogP contribution >= 0.6 is 11.3 Å². The van der Waals surface area contributed by atoms with Crippen LogP contribution in [0.5, 0.6) is 0 Å². The van der Waals surface area contributed by atoms with Crippen molar-refractivity contribution in [2.45, 2.75) is 13.8 Å². The molecule has 0 atom stereocenters. The van der Waals surface area contributed by atoms with Crippen LogP contribution in [0.4, 0.5) is 0 Å². The van der Waals surface area contributed by atoms with Crippen LogP contribution in [0.25, 0.3) is 0 Å². The average molecular weight is 259 g/mol. The molecule has 5 heteroatoms. The highest BCUT2D eigenvalue weighted by Crippen LogP contribution is 2.20. The van der Waals surface area contributed by atoms with E-state index in [-0.39, 0.29) is 5.91 Å². The number of aromatic nitrogens is 1. The summed E-state index contributed by atoms with van der Waals surface area (Å²) in [5.41, 5.74) is 5.04. The van der Waals surface area contributed by atoms with Crippen LogP contribution in [0.3, 0.4) is 0 Å². The highest BCUT2D eigenvalue weighted by Gasteiger charge is 2.11. The molecule has 2 aromatic heterocycles. The SMILES string of the molecule is Cc1scc(C(=O)NN=Cc2cccnc2)c1C. The molecule has 0 spiro atoms. The van der Waals surface area contributed by atoms with Gasteiger partial charge in [-0.1, -0.05) is 6.07 Å². The van der Waals surface area contributed by atoms with Gasteiger partial charge in [-0.2, -0.15) is 5.10 Å². The number of hydrazone groups is 1. The lowest BCUT2D eigenvalue weighted by Gasteiger charge is -1.98. The molecule has 0 saturated heterocycles. The standard InChI is InChI=1S/C13H13N3OS/c1-9-10(2)18-8-12(9)13(17)16-15-7-11-4-3-5-14-6-11/h3-8H,1-2H3,(H,16,17). The molecular formula is C13H13N3OS. The summed E-state index contributed by atoms with van der Waals surface area (Å²) in [6, 6.07) is 3.68. The van der Waals surface area contributed by atoms with Gasteiger partial charge >= 0.3 is 0 Å². The monoisotopic (exact) mass is 259 g/mol. The molecule has 0 aliphatic carbocycles. The fourth-order valence-electron chi connectivity index (χ4n) is 1.42. The summed E-state index contributed by atoms with van der Waals surface area (Å²) in [6.07, 6.45) is 4.93. The third kappa shape index (κ3) is 2.81. The first-order valence-corrected chi connectivity index (χ1v) is 6.34. The molecule has 0 aromatic carbocycles. The molecule has 0 aliphatic rings. The molecule has 18 heavy (non-hydrogen) atoms. The van der Waals surface area contributed by atoms with Crippen molar-refractivity contribution in [1.82, 2.24) is 10.4 Å². The Balaban J connectivity index is 2.01. The molecule has 0 aliphatic heterocycles. The highest BCUT2D eigenvalue weighted by atomic mass is 32.1. The lowest BCUT2D eigenvalue weighted by atomic mass is 10.2. The fourth-order valence-corrected chi connectivity index (χ4v) is 2.28. The molecule has 2 heterocycles. The zero-order valence-corrected chi connectivity index (χ0v) is 11.0. The zero-order valence-electron chi connectivity index (χ0n) is 10.2.